The second-order valence-corrected chi connectivity index (χ2v) is 4.91. The molecule has 0 saturated carbocycles. The molecule has 4 nitrogen and oxygen atoms in total. The van der Waals surface area contributed by atoms with Gasteiger partial charge < -0.3 is 11.1 Å². The van der Waals surface area contributed by atoms with Gasteiger partial charge in [-0.1, -0.05) is 24.0 Å². The summed E-state index contributed by atoms with van der Waals surface area (Å²) < 4.78 is 0. The largest absolute Gasteiger partial charge is 0.320 e. The SMILES string of the molecule is CSc1ccccc1NC(=O)c1ncccc1C#CCN. The maximum Gasteiger partial charge on any atom is 0.275 e. The molecule has 0 unspecified atom stereocenters. The maximum atomic E-state index is 12.4. The van der Waals surface area contributed by atoms with E-state index in [9.17, 15) is 4.79 Å². The lowest BCUT2D eigenvalue weighted by Gasteiger charge is -2.09. The number of aromatic nitrogens is 1. The fraction of sp³-hybridized carbons (Fsp3) is 0.125. The predicted octanol–water partition coefficient (Wildman–Crippen LogP) is 2.37. The number of hydrogen-bond donors (Lipinski definition) is 2. The van der Waals surface area contributed by atoms with Crippen molar-refractivity contribution < 1.29 is 4.79 Å². The van der Waals surface area contributed by atoms with Crippen LogP contribution in [0.5, 0.6) is 0 Å². The van der Waals surface area contributed by atoms with Crippen LogP contribution < -0.4 is 11.1 Å². The normalized spacial score (nSPS) is 9.62. The van der Waals surface area contributed by atoms with Crippen molar-refractivity contribution in [1.29, 1.82) is 0 Å². The highest BCUT2D eigenvalue weighted by Crippen LogP contribution is 2.25. The van der Waals surface area contributed by atoms with Crippen molar-refractivity contribution in [2.45, 2.75) is 4.90 Å². The summed E-state index contributed by atoms with van der Waals surface area (Å²) in [6.07, 6.45) is 3.53. The molecule has 3 N–H and O–H groups in total. The first-order chi connectivity index (χ1) is 10.3. The fourth-order valence-electron chi connectivity index (χ4n) is 1.76. The highest BCUT2D eigenvalue weighted by Gasteiger charge is 2.13. The van der Waals surface area contributed by atoms with Gasteiger partial charge in [-0.2, -0.15) is 0 Å². The summed E-state index contributed by atoms with van der Waals surface area (Å²) in [4.78, 5) is 17.5. The third-order valence-electron chi connectivity index (χ3n) is 2.70. The molecule has 0 aliphatic carbocycles. The summed E-state index contributed by atoms with van der Waals surface area (Å²) in [5.74, 6) is 5.33. The van der Waals surface area contributed by atoms with Crippen LogP contribution in [0.3, 0.4) is 0 Å². The van der Waals surface area contributed by atoms with Crippen LogP contribution in [0.15, 0.2) is 47.5 Å². The number of anilines is 1. The van der Waals surface area contributed by atoms with E-state index in [1.54, 1.807) is 30.1 Å². The van der Waals surface area contributed by atoms with Crippen molar-refractivity contribution in [3.05, 3.63) is 53.9 Å². The number of rotatable bonds is 3. The average molecular weight is 297 g/mol. The number of benzene rings is 1. The fourth-order valence-corrected chi connectivity index (χ4v) is 2.32. The molecular formula is C16H15N3OS. The van der Waals surface area contributed by atoms with E-state index in [1.165, 1.54) is 0 Å². The van der Waals surface area contributed by atoms with Crippen molar-refractivity contribution in [1.82, 2.24) is 4.98 Å². The minimum Gasteiger partial charge on any atom is -0.320 e. The van der Waals surface area contributed by atoms with E-state index in [0.29, 0.717) is 11.3 Å². The number of hydrogen-bond acceptors (Lipinski definition) is 4. The summed E-state index contributed by atoms with van der Waals surface area (Å²) in [5, 5.41) is 2.87. The standard InChI is InChI=1S/C16H15N3OS/c1-21-14-9-3-2-8-13(14)19-16(20)15-12(6-4-10-17)7-5-11-18-15/h2-3,5,7-9,11H,10,17H2,1H3,(H,19,20). The van der Waals surface area contributed by atoms with Crippen LogP contribution in [0.25, 0.3) is 0 Å². The van der Waals surface area contributed by atoms with Crippen LogP contribution in [0.1, 0.15) is 16.1 Å². The van der Waals surface area contributed by atoms with Gasteiger partial charge in [0.25, 0.3) is 5.91 Å². The van der Waals surface area contributed by atoms with E-state index in [4.69, 9.17) is 5.73 Å². The second-order valence-electron chi connectivity index (χ2n) is 4.06. The average Bonchev–Trinajstić information content (AvgIpc) is 2.53. The second kappa shape index (κ2) is 7.48. The zero-order valence-electron chi connectivity index (χ0n) is 11.6. The molecule has 0 bridgehead atoms. The van der Waals surface area contributed by atoms with Crippen molar-refractivity contribution >= 4 is 23.4 Å². The zero-order chi connectivity index (χ0) is 15.1. The van der Waals surface area contributed by atoms with Crippen LogP contribution >= 0.6 is 11.8 Å². The minimum absolute atomic E-state index is 0.241. The Morgan fingerprint density at radius 1 is 1.33 bits per heavy atom. The van der Waals surface area contributed by atoms with Crippen LogP contribution in [0.2, 0.25) is 0 Å². The number of para-hydroxylation sites is 1. The van der Waals surface area contributed by atoms with Gasteiger partial charge in [0.2, 0.25) is 0 Å². The molecule has 5 heteroatoms. The molecule has 0 fully saturated rings. The molecule has 0 saturated heterocycles. The van der Waals surface area contributed by atoms with Gasteiger partial charge in [0.15, 0.2) is 0 Å². The number of nitrogens with zero attached hydrogens (tertiary/aromatic N) is 1. The van der Waals surface area contributed by atoms with Gasteiger partial charge in [-0.05, 0) is 30.5 Å². The zero-order valence-corrected chi connectivity index (χ0v) is 12.4. The third-order valence-corrected chi connectivity index (χ3v) is 3.50. The molecular weight excluding hydrogens is 282 g/mol. The summed E-state index contributed by atoms with van der Waals surface area (Å²) in [7, 11) is 0. The van der Waals surface area contributed by atoms with E-state index >= 15 is 0 Å². The third kappa shape index (κ3) is 3.85. The van der Waals surface area contributed by atoms with Gasteiger partial charge in [0.1, 0.15) is 5.69 Å². The Labute approximate surface area is 128 Å². The summed E-state index contributed by atoms with van der Waals surface area (Å²) in [6, 6.07) is 11.1. The van der Waals surface area contributed by atoms with Gasteiger partial charge >= 0.3 is 0 Å². The molecule has 0 atom stereocenters. The molecule has 0 aliphatic rings. The number of amides is 1. The number of nitrogens with two attached hydrogens (primary N) is 1. The Hall–Kier alpha value is -2.29. The van der Waals surface area contributed by atoms with Crippen LogP contribution in [-0.4, -0.2) is 23.7 Å². The molecule has 2 aromatic rings. The van der Waals surface area contributed by atoms with Gasteiger partial charge in [-0.15, -0.1) is 11.8 Å². The summed E-state index contributed by atoms with van der Waals surface area (Å²) in [6.45, 7) is 0.241. The van der Waals surface area contributed by atoms with Gasteiger partial charge in [0.05, 0.1) is 17.8 Å². The van der Waals surface area contributed by atoms with Gasteiger partial charge in [0, 0.05) is 11.1 Å². The first-order valence-corrected chi connectivity index (χ1v) is 7.57. The predicted molar refractivity (Wildman–Crippen MR) is 86.3 cm³/mol. The lowest BCUT2D eigenvalue weighted by Crippen LogP contribution is -2.15. The van der Waals surface area contributed by atoms with Crippen molar-refractivity contribution in [3.63, 3.8) is 0 Å². The number of thioether (sulfide) groups is 1. The molecule has 2 rings (SSSR count). The van der Waals surface area contributed by atoms with Crippen molar-refractivity contribution in [3.8, 4) is 11.8 Å². The molecule has 106 valence electrons. The topological polar surface area (TPSA) is 68.0 Å². The highest BCUT2D eigenvalue weighted by atomic mass is 32.2. The van der Waals surface area contributed by atoms with E-state index in [-0.39, 0.29) is 12.5 Å². The number of carbonyl (C=O) groups excluding carboxylic acids is 1. The maximum absolute atomic E-state index is 12.4. The molecule has 0 spiro atoms. The number of carbonyl (C=O) groups is 1. The van der Waals surface area contributed by atoms with Gasteiger partial charge in [-0.3, -0.25) is 4.79 Å². The molecule has 1 aromatic carbocycles. The Morgan fingerprint density at radius 3 is 2.90 bits per heavy atom. The Bertz CT molecular complexity index is 704. The minimum atomic E-state index is -0.279. The van der Waals surface area contributed by atoms with Crippen LogP contribution in [0, 0.1) is 11.8 Å². The van der Waals surface area contributed by atoms with Crippen molar-refractivity contribution in [2.75, 3.05) is 18.1 Å². The number of nitrogens with one attached hydrogen (secondary N) is 1. The van der Waals surface area contributed by atoms with E-state index in [1.807, 2.05) is 30.5 Å². The van der Waals surface area contributed by atoms with E-state index in [2.05, 4.69) is 22.1 Å². The Kier molecular flexibility index (Phi) is 5.38. The summed E-state index contributed by atoms with van der Waals surface area (Å²) in [5.41, 5.74) is 7.00. The summed E-state index contributed by atoms with van der Waals surface area (Å²) >= 11 is 1.57. The van der Waals surface area contributed by atoms with Crippen LogP contribution in [-0.2, 0) is 0 Å². The molecule has 1 aromatic heterocycles. The molecule has 21 heavy (non-hydrogen) atoms. The Morgan fingerprint density at radius 2 is 2.14 bits per heavy atom. The number of pyridine rings is 1. The highest BCUT2D eigenvalue weighted by molar-refractivity contribution is 7.98. The quantitative estimate of drug-likeness (QED) is 0.674. The first-order valence-electron chi connectivity index (χ1n) is 6.34. The smallest absolute Gasteiger partial charge is 0.275 e. The lowest BCUT2D eigenvalue weighted by molar-refractivity contribution is 0.102. The molecule has 1 amide bonds. The molecule has 0 radical (unpaired) electrons. The van der Waals surface area contributed by atoms with Crippen LogP contribution in [0.4, 0.5) is 5.69 Å². The van der Waals surface area contributed by atoms with Gasteiger partial charge in [-0.25, -0.2) is 4.98 Å². The Balaban J connectivity index is 2.29. The first kappa shape index (κ1) is 15.1. The van der Waals surface area contributed by atoms with Crippen molar-refractivity contribution in [2.24, 2.45) is 5.73 Å². The molecule has 1 heterocycles. The van der Waals surface area contributed by atoms with E-state index < -0.39 is 0 Å². The molecule has 0 aliphatic heterocycles. The van der Waals surface area contributed by atoms with E-state index in [0.717, 1.165) is 10.6 Å². The lowest BCUT2D eigenvalue weighted by atomic mass is 10.2. The monoisotopic (exact) mass is 297 g/mol.